The molecule has 32 heavy (non-hydrogen) atoms. The Bertz CT molecular complexity index is 1310. The molecule has 6 N–H and O–H groups in total. The molecule has 0 amide bonds. The monoisotopic (exact) mass is 431 g/mol. The van der Waals surface area contributed by atoms with Gasteiger partial charge in [0.2, 0.25) is 0 Å². The van der Waals surface area contributed by atoms with Gasteiger partial charge in [-0.25, -0.2) is 4.98 Å². The molecular formula is C24H25N5O3. The summed E-state index contributed by atoms with van der Waals surface area (Å²) in [5.74, 6) is -0.0385. The Morgan fingerprint density at radius 3 is 2.44 bits per heavy atom. The van der Waals surface area contributed by atoms with Gasteiger partial charge in [-0.3, -0.25) is 25.4 Å². The van der Waals surface area contributed by atoms with Gasteiger partial charge in [0.05, 0.1) is 42.3 Å². The Labute approximate surface area is 185 Å². The second-order valence-corrected chi connectivity index (χ2v) is 7.26. The van der Waals surface area contributed by atoms with E-state index in [0.717, 1.165) is 27.4 Å². The molecule has 0 spiro atoms. The van der Waals surface area contributed by atoms with E-state index >= 15 is 0 Å². The quantitative estimate of drug-likeness (QED) is 0.142. The minimum Gasteiger partial charge on any atom is -0.397 e. The zero-order valence-corrected chi connectivity index (χ0v) is 17.9. The molecule has 1 heterocycles. The van der Waals surface area contributed by atoms with Crippen LogP contribution in [0.25, 0.3) is 32.9 Å². The minimum absolute atomic E-state index is 0.0385. The molecule has 0 unspecified atom stereocenters. The SMILES string of the molecule is CONc1cc(-c2c3ccccc3nc3cccc(C(=O)CCN)c23)c(NOC)cc1N. The van der Waals surface area contributed by atoms with Gasteiger partial charge in [0.15, 0.2) is 5.78 Å². The van der Waals surface area contributed by atoms with Crippen LogP contribution in [0.15, 0.2) is 54.6 Å². The van der Waals surface area contributed by atoms with Gasteiger partial charge < -0.3 is 11.5 Å². The average molecular weight is 431 g/mol. The van der Waals surface area contributed by atoms with Gasteiger partial charge in [-0.2, -0.15) is 0 Å². The average Bonchev–Trinajstić information content (AvgIpc) is 2.79. The third kappa shape index (κ3) is 3.82. The number of nitrogens with zero attached hydrogens (tertiary/aromatic N) is 1. The standard InChI is InChI=1S/C24H25N5O3/c1-31-28-20-13-17(26)21(29-32-2)12-16(20)23-14-6-3-4-8-18(14)27-19-9-5-7-15(24(19)23)22(30)10-11-25/h3-9,12-13,28-29H,10-11,25-26H2,1-2H3. The van der Waals surface area contributed by atoms with Crippen molar-refractivity contribution in [3.63, 3.8) is 0 Å². The number of anilines is 3. The molecule has 0 aliphatic rings. The highest BCUT2D eigenvalue weighted by Crippen LogP contribution is 2.43. The van der Waals surface area contributed by atoms with Gasteiger partial charge in [0.1, 0.15) is 0 Å². The van der Waals surface area contributed by atoms with Gasteiger partial charge in [0.25, 0.3) is 0 Å². The van der Waals surface area contributed by atoms with Gasteiger partial charge >= 0.3 is 0 Å². The molecule has 0 aliphatic heterocycles. The number of nitrogen functional groups attached to an aromatic ring is 1. The number of fused-ring (bicyclic) bond motifs is 2. The third-order valence-corrected chi connectivity index (χ3v) is 5.26. The second kappa shape index (κ2) is 9.19. The molecule has 0 aliphatic carbocycles. The number of nitrogens with one attached hydrogen (secondary N) is 2. The van der Waals surface area contributed by atoms with Gasteiger partial charge in [-0.05, 0) is 30.8 Å². The maximum Gasteiger partial charge on any atom is 0.164 e. The van der Waals surface area contributed by atoms with E-state index in [1.165, 1.54) is 14.2 Å². The van der Waals surface area contributed by atoms with Crippen LogP contribution in [0.4, 0.5) is 17.1 Å². The van der Waals surface area contributed by atoms with Gasteiger partial charge in [-0.1, -0.05) is 30.3 Å². The molecule has 1 aromatic heterocycles. The van der Waals surface area contributed by atoms with Crippen molar-refractivity contribution in [2.24, 2.45) is 5.73 Å². The lowest BCUT2D eigenvalue weighted by atomic mass is 9.90. The summed E-state index contributed by atoms with van der Waals surface area (Å²) in [6.07, 6.45) is 0.243. The van der Waals surface area contributed by atoms with E-state index in [9.17, 15) is 4.79 Å². The fourth-order valence-corrected chi connectivity index (χ4v) is 3.94. The number of rotatable bonds is 8. The summed E-state index contributed by atoms with van der Waals surface area (Å²) in [4.78, 5) is 28.2. The maximum absolute atomic E-state index is 13.0. The van der Waals surface area contributed by atoms with Crippen molar-refractivity contribution in [3.8, 4) is 11.1 Å². The first kappa shape index (κ1) is 21.5. The maximum atomic E-state index is 13.0. The molecule has 0 atom stereocenters. The number of hydrogen-bond acceptors (Lipinski definition) is 8. The van der Waals surface area contributed by atoms with Crippen LogP contribution in [0.1, 0.15) is 16.8 Å². The fraction of sp³-hybridized carbons (Fsp3) is 0.167. The Hall–Kier alpha value is -3.72. The number of benzene rings is 3. The Morgan fingerprint density at radius 2 is 1.69 bits per heavy atom. The lowest BCUT2D eigenvalue weighted by Crippen LogP contribution is -2.09. The molecule has 0 bridgehead atoms. The van der Waals surface area contributed by atoms with Crippen LogP contribution >= 0.6 is 0 Å². The highest BCUT2D eigenvalue weighted by atomic mass is 16.6. The predicted octanol–water partition coefficient (Wildman–Crippen LogP) is 4.12. The van der Waals surface area contributed by atoms with E-state index in [0.29, 0.717) is 28.1 Å². The van der Waals surface area contributed by atoms with E-state index in [2.05, 4.69) is 11.0 Å². The third-order valence-electron chi connectivity index (χ3n) is 5.26. The summed E-state index contributed by atoms with van der Waals surface area (Å²) >= 11 is 0. The number of ketones is 1. The normalized spacial score (nSPS) is 11.1. The number of para-hydroxylation sites is 1. The Kier molecular flexibility index (Phi) is 6.18. The molecule has 0 saturated carbocycles. The molecule has 3 aromatic carbocycles. The van der Waals surface area contributed by atoms with E-state index in [-0.39, 0.29) is 18.7 Å². The number of pyridine rings is 1. The number of carbonyl (C=O) groups is 1. The number of carbonyl (C=O) groups excluding carboxylic acids is 1. The zero-order chi connectivity index (χ0) is 22.7. The number of aromatic nitrogens is 1. The van der Waals surface area contributed by atoms with Crippen LogP contribution in [-0.2, 0) is 9.68 Å². The van der Waals surface area contributed by atoms with E-state index in [1.54, 1.807) is 6.07 Å². The molecule has 0 radical (unpaired) electrons. The van der Waals surface area contributed by atoms with Crippen molar-refractivity contribution in [2.45, 2.75) is 6.42 Å². The molecule has 4 rings (SSSR count). The molecule has 8 nitrogen and oxygen atoms in total. The lowest BCUT2D eigenvalue weighted by Gasteiger charge is -2.19. The van der Waals surface area contributed by atoms with E-state index in [4.69, 9.17) is 26.1 Å². The van der Waals surface area contributed by atoms with Crippen molar-refractivity contribution in [2.75, 3.05) is 37.5 Å². The Morgan fingerprint density at radius 1 is 0.969 bits per heavy atom. The van der Waals surface area contributed by atoms with Crippen molar-refractivity contribution in [3.05, 3.63) is 60.2 Å². The van der Waals surface area contributed by atoms with Crippen molar-refractivity contribution in [1.82, 2.24) is 4.98 Å². The molecule has 164 valence electrons. The number of hydrogen-bond donors (Lipinski definition) is 4. The van der Waals surface area contributed by atoms with E-state index in [1.807, 2.05) is 48.5 Å². The minimum atomic E-state index is -0.0385. The second-order valence-electron chi connectivity index (χ2n) is 7.26. The highest BCUT2D eigenvalue weighted by Gasteiger charge is 2.21. The summed E-state index contributed by atoms with van der Waals surface area (Å²) in [5, 5.41) is 1.64. The Balaban J connectivity index is 2.17. The summed E-state index contributed by atoms with van der Waals surface area (Å²) in [7, 11) is 3.04. The van der Waals surface area contributed by atoms with Gasteiger partial charge in [0, 0.05) is 33.9 Å². The van der Waals surface area contributed by atoms with Crippen LogP contribution in [0.3, 0.4) is 0 Å². The van der Waals surface area contributed by atoms with Gasteiger partial charge in [-0.15, -0.1) is 0 Å². The van der Waals surface area contributed by atoms with Crippen molar-refractivity contribution < 1.29 is 14.5 Å². The zero-order valence-electron chi connectivity index (χ0n) is 17.9. The largest absolute Gasteiger partial charge is 0.397 e. The molecule has 4 aromatic rings. The van der Waals surface area contributed by atoms with Crippen LogP contribution in [0, 0.1) is 0 Å². The van der Waals surface area contributed by atoms with Crippen LogP contribution in [-0.4, -0.2) is 31.5 Å². The predicted molar refractivity (Wildman–Crippen MR) is 128 cm³/mol. The topological polar surface area (TPSA) is 125 Å². The summed E-state index contributed by atoms with van der Waals surface area (Å²) < 4.78 is 0. The first-order valence-electron chi connectivity index (χ1n) is 10.2. The van der Waals surface area contributed by atoms with Crippen LogP contribution in [0.2, 0.25) is 0 Å². The smallest absolute Gasteiger partial charge is 0.164 e. The van der Waals surface area contributed by atoms with Crippen LogP contribution in [0.5, 0.6) is 0 Å². The molecule has 8 heteroatoms. The van der Waals surface area contributed by atoms with Crippen molar-refractivity contribution in [1.29, 1.82) is 0 Å². The lowest BCUT2D eigenvalue weighted by molar-refractivity contribution is 0.0987. The highest BCUT2D eigenvalue weighted by molar-refractivity contribution is 6.19. The molecule has 0 fully saturated rings. The summed E-state index contributed by atoms with van der Waals surface area (Å²) in [5.41, 5.74) is 23.0. The van der Waals surface area contributed by atoms with E-state index < -0.39 is 0 Å². The molecule has 0 saturated heterocycles. The first-order valence-corrected chi connectivity index (χ1v) is 10.2. The van der Waals surface area contributed by atoms with Crippen LogP contribution < -0.4 is 22.4 Å². The van der Waals surface area contributed by atoms with Crippen molar-refractivity contribution >= 4 is 44.7 Å². The number of Topliss-reactive ketones (excluding diaryl/α,β-unsaturated/α-hetero) is 1. The summed E-state index contributed by atoms with van der Waals surface area (Å²) in [6.45, 7) is 0.270. The summed E-state index contributed by atoms with van der Waals surface area (Å²) in [6, 6.07) is 17.0. The number of nitrogens with two attached hydrogens (primary N) is 2. The molecular weight excluding hydrogens is 406 g/mol. The first-order chi connectivity index (χ1) is 15.6. The fourth-order valence-electron chi connectivity index (χ4n) is 3.94.